The lowest BCUT2D eigenvalue weighted by Crippen LogP contribution is -2.22. The number of hydrogen-bond donors (Lipinski definition) is 0. The van der Waals surface area contributed by atoms with E-state index in [9.17, 15) is 4.79 Å². The van der Waals surface area contributed by atoms with Gasteiger partial charge in [-0.05, 0) is 80.1 Å². The third kappa shape index (κ3) is 4.43. The van der Waals surface area contributed by atoms with Gasteiger partial charge in [0.15, 0.2) is 0 Å². The van der Waals surface area contributed by atoms with E-state index in [1.165, 1.54) is 40.5 Å². The lowest BCUT2D eigenvalue weighted by Gasteiger charge is -2.33. The van der Waals surface area contributed by atoms with Crippen LogP contribution >= 0.6 is 0 Å². The lowest BCUT2D eigenvalue weighted by molar-refractivity contribution is 0.0600. The maximum Gasteiger partial charge on any atom is 0.337 e. The summed E-state index contributed by atoms with van der Waals surface area (Å²) in [6, 6.07) is 33.4. The lowest BCUT2D eigenvalue weighted by atomic mass is 9.71. The van der Waals surface area contributed by atoms with Crippen molar-refractivity contribution in [1.82, 2.24) is 0 Å². The van der Waals surface area contributed by atoms with E-state index in [-0.39, 0.29) is 11.4 Å². The van der Waals surface area contributed by atoms with Crippen molar-refractivity contribution in [3.8, 4) is 11.1 Å². The molecule has 0 spiro atoms. The van der Waals surface area contributed by atoms with Gasteiger partial charge < -0.3 is 4.74 Å². The third-order valence-corrected chi connectivity index (χ3v) is 7.16. The van der Waals surface area contributed by atoms with Gasteiger partial charge >= 0.3 is 5.97 Å². The molecule has 0 amide bonds. The van der Waals surface area contributed by atoms with Crippen LogP contribution in [0.15, 0.2) is 110 Å². The van der Waals surface area contributed by atoms with Crippen molar-refractivity contribution in [3.05, 3.63) is 143 Å². The zero-order valence-corrected chi connectivity index (χ0v) is 21.0. The Balaban J connectivity index is 1.50. The van der Waals surface area contributed by atoms with Crippen molar-refractivity contribution in [2.45, 2.75) is 25.7 Å². The molecule has 0 saturated carbocycles. The molecule has 2 heteroatoms. The standard InChI is InChI=1S/C34H30O2/c1-23(24-10-16-28(17-11-24)33(35)36-4)29-18-19-32-31(22-29)30(20-21-34(32,2)3)27-14-12-26(13-15-27)25-8-6-5-7-9-25/h5-20,22H,1,21H2,2-4H3. The number of ether oxygens (including phenoxy) is 1. The van der Waals surface area contributed by atoms with Gasteiger partial charge in [-0.1, -0.05) is 105 Å². The highest BCUT2D eigenvalue weighted by atomic mass is 16.5. The smallest absolute Gasteiger partial charge is 0.337 e. The molecule has 0 aromatic heterocycles. The Bertz CT molecular complexity index is 1450. The van der Waals surface area contributed by atoms with E-state index in [0.717, 1.165) is 23.1 Å². The quantitative estimate of drug-likeness (QED) is 0.274. The third-order valence-electron chi connectivity index (χ3n) is 7.16. The molecule has 4 aromatic carbocycles. The van der Waals surface area contributed by atoms with Gasteiger partial charge in [0.2, 0.25) is 0 Å². The summed E-state index contributed by atoms with van der Waals surface area (Å²) in [5.74, 6) is -0.337. The predicted octanol–water partition coefficient (Wildman–Crippen LogP) is 8.31. The number of allylic oxidation sites excluding steroid dienone is 1. The number of carbonyl (C=O) groups excluding carboxylic acids is 1. The van der Waals surface area contributed by atoms with Crippen LogP contribution in [0.25, 0.3) is 22.3 Å². The molecule has 0 radical (unpaired) electrons. The Hall–Kier alpha value is -4.17. The van der Waals surface area contributed by atoms with E-state index in [1.807, 2.05) is 18.2 Å². The molecule has 4 aromatic rings. The highest BCUT2D eigenvalue weighted by Gasteiger charge is 2.29. The molecule has 5 rings (SSSR count). The molecule has 0 saturated heterocycles. The number of hydrogen-bond acceptors (Lipinski definition) is 2. The second-order valence-corrected chi connectivity index (χ2v) is 9.96. The number of benzene rings is 4. The van der Waals surface area contributed by atoms with Gasteiger partial charge in [0.05, 0.1) is 12.7 Å². The second-order valence-electron chi connectivity index (χ2n) is 9.96. The fraction of sp³-hybridized carbons (Fsp3) is 0.147. The molecule has 36 heavy (non-hydrogen) atoms. The topological polar surface area (TPSA) is 26.3 Å². The predicted molar refractivity (Wildman–Crippen MR) is 149 cm³/mol. The maximum absolute atomic E-state index is 11.8. The Morgan fingerprint density at radius 2 is 1.33 bits per heavy atom. The summed E-state index contributed by atoms with van der Waals surface area (Å²) in [5.41, 5.74) is 11.1. The zero-order chi connectivity index (χ0) is 25.3. The molecule has 2 nitrogen and oxygen atoms in total. The first kappa shape index (κ1) is 23.6. The number of carbonyl (C=O) groups is 1. The van der Waals surface area contributed by atoms with Gasteiger partial charge in [0.1, 0.15) is 0 Å². The maximum atomic E-state index is 11.8. The molecule has 0 N–H and O–H groups in total. The van der Waals surface area contributed by atoms with Gasteiger partial charge in [-0.3, -0.25) is 0 Å². The van der Waals surface area contributed by atoms with E-state index in [0.29, 0.717) is 5.56 Å². The van der Waals surface area contributed by atoms with Gasteiger partial charge in [0, 0.05) is 0 Å². The minimum Gasteiger partial charge on any atom is -0.465 e. The van der Waals surface area contributed by atoms with Crippen LogP contribution in [-0.2, 0) is 10.2 Å². The number of fused-ring (bicyclic) bond motifs is 1. The minimum atomic E-state index is -0.337. The van der Waals surface area contributed by atoms with Crippen LogP contribution in [-0.4, -0.2) is 13.1 Å². The van der Waals surface area contributed by atoms with E-state index < -0.39 is 0 Å². The van der Waals surface area contributed by atoms with E-state index >= 15 is 0 Å². The molecule has 0 unspecified atom stereocenters. The molecular formula is C34H30O2. The van der Waals surface area contributed by atoms with Crippen LogP contribution in [0.1, 0.15) is 58.4 Å². The number of esters is 1. The Labute approximate surface area is 213 Å². The van der Waals surface area contributed by atoms with E-state index in [1.54, 1.807) is 12.1 Å². The zero-order valence-electron chi connectivity index (χ0n) is 21.0. The normalized spacial score (nSPS) is 13.9. The largest absolute Gasteiger partial charge is 0.465 e. The van der Waals surface area contributed by atoms with Gasteiger partial charge in [0.25, 0.3) is 0 Å². The average Bonchev–Trinajstić information content (AvgIpc) is 2.93. The highest BCUT2D eigenvalue weighted by molar-refractivity contribution is 5.91. The number of methoxy groups -OCH3 is 1. The average molecular weight is 471 g/mol. The van der Waals surface area contributed by atoms with Crippen LogP contribution in [0.3, 0.4) is 0 Å². The van der Waals surface area contributed by atoms with Crippen LogP contribution in [0.2, 0.25) is 0 Å². The molecule has 178 valence electrons. The van der Waals surface area contributed by atoms with Crippen molar-refractivity contribution in [2.24, 2.45) is 0 Å². The summed E-state index contributed by atoms with van der Waals surface area (Å²) in [6.45, 7) is 8.99. The Kier molecular flexibility index (Phi) is 6.20. The van der Waals surface area contributed by atoms with Crippen molar-refractivity contribution in [1.29, 1.82) is 0 Å². The van der Waals surface area contributed by atoms with Crippen molar-refractivity contribution < 1.29 is 9.53 Å². The Morgan fingerprint density at radius 3 is 2.00 bits per heavy atom. The Morgan fingerprint density at radius 1 is 0.750 bits per heavy atom. The fourth-order valence-electron chi connectivity index (χ4n) is 4.96. The van der Waals surface area contributed by atoms with E-state index in [4.69, 9.17) is 4.74 Å². The van der Waals surface area contributed by atoms with Gasteiger partial charge in [-0.25, -0.2) is 4.79 Å². The first-order chi connectivity index (χ1) is 17.4. The SMILES string of the molecule is C=C(c1ccc(C(=O)OC)cc1)c1ccc2c(c1)C(c1ccc(-c3ccccc3)cc1)=CCC2(C)C. The van der Waals surface area contributed by atoms with Gasteiger partial charge in [-0.2, -0.15) is 0 Å². The van der Waals surface area contributed by atoms with Crippen LogP contribution in [0.4, 0.5) is 0 Å². The van der Waals surface area contributed by atoms with Crippen LogP contribution in [0, 0.1) is 0 Å². The van der Waals surface area contributed by atoms with E-state index in [2.05, 4.69) is 93.2 Å². The summed E-state index contributed by atoms with van der Waals surface area (Å²) in [5, 5.41) is 0. The monoisotopic (exact) mass is 470 g/mol. The minimum absolute atomic E-state index is 0.0604. The van der Waals surface area contributed by atoms with Crippen molar-refractivity contribution in [2.75, 3.05) is 7.11 Å². The molecule has 0 aliphatic heterocycles. The summed E-state index contributed by atoms with van der Waals surface area (Å²) >= 11 is 0. The summed E-state index contributed by atoms with van der Waals surface area (Å²) in [6.07, 6.45) is 3.36. The summed E-state index contributed by atoms with van der Waals surface area (Å²) in [7, 11) is 1.39. The first-order valence-electron chi connectivity index (χ1n) is 12.3. The first-order valence-corrected chi connectivity index (χ1v) is 12.3. The molecule has 0 atom stereocenters. The molecule has 0 bridgehead atoms. The van der Waals surface area contributed by atoms with Gasteiger partial charge in [-0.15, -0.1) is 0 Å². The highest BCUT2D eigenvalue weighted by Crippen LogP contribution is 2.43. The molecule has 1 aliphatic carbocycles. The second kappa shape index (κ2) is 9.47. The van der Waals surface area contributed by atoms with Crippen molar-refractivity contribution in [3.63, 3.8) is 0 Å². The molecule has 0 heterocycles. The fourth-order valence-corrected chi connectivity index (χ4v) is 4.96. The molecular weight excluding hydrogens is 440 g/mol. The van der Waals surface area contributed by atoms with Crippen molar-refractivity contribution >= 4 is 17.1 Å². The summed E-state index contributed by atoms with van der Waals surface area (Å²) in [4.78, 5) is 11.8. The van der Waals surface area contributed by atoms with Crippen LogP contribution < -0.4 is 0 Å². The number of rotatable bonds is 5. The summed E-state index contributed by atoms with van der Waals surface area (Å²) < 4.78 is 4.82. The molecule has 0 fully saturated rings. The molecule has 1 aliphatic rings. The van der Waals surface area contributed by atoms with Crippen LogP contribution in [0.5, 0.6) is 0 Å².